The van der Waals surface area contributed by atoms with E-state index in [9.17, 15) is 28.3 Å². The first-order valence-electron chi connectivity index (χ1n) is 13.4. The number of allylic oxidation sites excluding steroid dienone is 1. The van der Waals surface area contributed by atoms with Gasteiger partial charge in [0.15, 0.2) is 0 Å². The van der Waals surface area contributed by atoms with Gasteiger partial charge in [-0.25, -0.2) is 8.78 Å². The van der Waals surface area contributed by atoms with E-state index in [4.69, 9.17) is 0 Å². The van der Waals surface area contributed by atoms with Crippen LogP contribution in [0.15, 0.2) is 61.2 Å². The number of carbonyl (C=O) groups excluding carboxylic acids is 3. The van der Waals surface area contributed by atoms with Gasteiger partial charge in [0.2, 0.25) is 17.7 Å². The largest absolute Gasteiger partial charge is 0.389 e. The molecule has 10 heteroatoms. The van der Waals surface area contributed by atoms with Crippen LogP contribution < -0.4 is 10.6 Å². The standard InChI is InChI=1S/C30H36F2N4O4/c1-4-10-30(2)17-24(35(3)29(30)40)27(38)34-23(15-20-13-21(31)16-22(32)14-20)26(37)25-28(39)36(12-11-33-25)18-19-8-6-5-7-9-19/h4-9,13-14,16,23-26,33,37H,1,10-12,15,17-18H2,2-3H3,(H,34,38)/t23-,24-,25-,26-,30?/m0/s1. The van der Waals surface area contributed by atoms with E-state index in [1.165, 1.54) is 4.90 Å². The summed E-state index contributed by atoms with van der Waals surface area (Å²) >= 11 is 0. The summed E-state index contributed by atoms with van der Waals surface area (Å²) in [4.78, 5) is 42.8. The third-order valence-corrected chi connectivity index (χ3v) is 7.84. The van der Waals surface area contributed by atoms with Gasteiger partial charge in [-0.15, -0.1) is 6.58 Å². The minimum Gasteiger partial charge on any atom is -0.389 e. The Bertz CT molecular complexity index is 1240. The fourth-order valence-corrected chi connectivity index (χ4v) is 5.70. The summed E-state index contributed by atoms with van der Waals surface area (Å²) in [5.74, 6) is -2.65. The van der Waals surface area contributed by atoms with Crippen molar-refractivity contribution < 1.29 is 28.3 Å². The van der Waals surface area contributed by atoms with Gasteiger partial charge < -0.3 is 25.5 Å². The smallest absolute Gasteiger partial charge is 0.243 e. The van der Waals surface area contributed by atoms with Crippen LogP contribution in [-0.4, -0.2) is 77.0 Å². The second kappa shape index (κ2) is 12.3. The highest BCUT2D eigenvalue weighted by Crippen LogP contribution is 2.38. The number of hydrogen-bond donors (Lipinski definition) is 3. The molecule has 40 heavy (non-hydrogen) atoms. The van der Waals surface area contributed by atoms with Crippen molar-refractivity contribution in [2.45, 2.75) is 57.0 Å². The Balaban J connectivity index is 1.57. The van der Waals surface area contributed by atoms with Crippen LogP contribution in [0.4, 0.5) is 8.78 Å². The number of piperazine rings is 1. The van der Waals surface area contributed by atoms with Gasteiger partial charge in [-0.2, -0.15) is 0 Å². The van der Waals surface area contributed by atoms with Crippen molar-refractivity contribution in [3.63, 3.8) is 0 Å². The Labute approximate surface area is 233 Å². The van der Waals surface area contributed by atoms with Gasteiger partial charge in [-0.1, -0.05) is 43.3 Å². The number of carbonyl (C=O) groups is 3. The molecule has 2 fully saturated rings. The zero-order valence-corrected chi connectivity index (χ0v) is 22.8. The van der Waals surface area contributed by atoms with Crippen molar-refractivity contribution in [2.24, 2.45) is 5.41 Å². The minimum absolute atomic E-state index is 0.139. The van der Waals surface area contributed by atoms with Gasteiger partial charge in [-0.3, -0.25) is 14.4 Å². The van der Waals surface area contributed by atoms with E-state index in [2.05, 4.69) is 17.2 Å². The third kappa shape index (κ3) is 6.39. The van der Waals surface area contributed by atoms with Crippen molar-refractivity contribution in [3.8, 4) is 0 Å². The molecule has 3 amide bonds. The van der Waals surface area contributed by atoms with Gasteiger partial charge >= 0.3 is 0 Å². The van der Waals surface area contributed by atoms with Gasteiger partial charge in [0.25, 0.3) is 0 Å². The van der Waals surface area contributed by atoms with Gasteiger partial charge in [0.1, 0.15) is 23.7 Å². The minimum atomic E-state index is -1.43. The summed E-state index contributed by atoms with van der Waals surface area (Å²) in [7, 11) is 1.54. The van der Waals surface area contributed by atoms with Crippen molar-refractivity contribution in [3.05, 3.63) is 83.9 Å². The topological polar surface area (TPSA) is 102 Å². The number of rotatable bonds is 10. The van der Waals surface area contributed by atoms with Crippen LogP contribution in [0.1, 0.15) is 30.9 Å². The van der Waals surface area contributed by atoms with E-state index < -0.39 is 47.2 Å². The SMILES string of the molecule is C=CCC1(C)C[C@@H](C(=O)N[C@@H](Cc2cc(F)cc(F)c2)[C@H](O)[C@@H]2NCCN(Cc3ccccc3)C2=O)N(C)C1=O. The number of likely N-dealkylation sites (tertiary alicyclic amines) is 1. The van der Waals surface area contributed by atoms with Crippen molar-refractivity contribution in [1.82, 2.24) is 20.4 Å². The molecule has 4 rings (SSSR count). The molecule has 0 aliphatic carbocycles. The highest BCUT2D eigenvalue weighted by atomic mass is 19.1. The second-order valence-electron chi connectivity index (χ2n) is 11.0. The number of amides is 3. The van der Waals surface area contributed by atoms with E-state index in [0.717, 1.165) is 23.8 Å². The normalized spacial score (nSPS) is 24.6. The summed E-state index contributed by atoms with van der Waals surface area (Å²) in [6, 6.07) is 9.47. The first kappa shape index (κ1) is 29.4. The lowest BCUT2D eigenvalue weighted by Crippen LogP contribution is -2.64. The summed E-state index contributed by atoms with van der Waals surface area (Å²) in [6.07, 6.45) is 0.706. The monoisotopic (exact) mass is 554 g/mol. The second-order valence-corrected chi connectivity index (χ2v) is 11.0. The summed E-state index contributed by atoms with van der Waals surface area (Å²) in [6.45, 7) is 6.68. The van der Waals surface area contributed by atoms with E-state index >= 15 is 0 Å². The molecule has 0 aromatic heterocycles. The molecule has 2 heterocycles. The maximum absolute atomic E-state index is 14.0. The number of aliphatic hydroxyl groups is 1. The highest BCUT2D eigenvalue weighted by molar-refractivity contribution is 5.94. The van der Waals surface area contributed by atoms with Crippen molar-refractivity contribution in [1.29, 1.82) is 0 Å². The maximum Gasteiger partial charge on any atom is 0.243 e. The van der Waals surface area contributed by atoms with E-state index in [-0.39, 0.29) is 30.2 Å². The van der Waals surface area contributed by atoms with E-state index in [1.54, 1.807) is 24.9 Å². The van der Waals surface area contributed by atoms with Crippen LogP contribution in [0.5, 0.6) is 0 Å². The average Bonchev–Trinajstić information content (AvgIpc) is 3.13. The molecule has 8 nitrogen and oxygen atoms in total. The molecule has 3 N–H and O–H groups in total. The maximum atomic E-state index is 14.0. The molecular formula is C30H36F2N4O4. The van der Waals surface area contributed by atoms with Crippen molar-refractivity contribution >= 4 is 17.7 Å². The number of hydrogen-bond acceptors (Lipinski definition) is 5. The Kier molecular flexibility index (Phi) is 9.00. The molecule has 2 aromatic rings. The quantitative estimate of drug-likeness (QED) is 0.391. The Morgan fingerprint density at radius 2 is 1.88 bits per heavy atom. The van der Waals surface area contributed by atoms with Gasteiger partial charge in [-0.05, 0) is 42.5 Å². The van der Waals surface area contributed by atoms with Crippen LogP contribution in [0.2, 0.25) is 0 Å². The lowest BCUT2D eigenvalue weighted by atomic mass is 9.83. The van der Waals surface area contributed by atoms with E-state index in [1.807, 2.05) is 30.3 Å². The first-order valence-corrected chi connectivity index (χ1v) is 13.4. The third-order valence-electron chi connectivity index (χ3n) is 7.84. The predicted octanol–water partition coefficient (Wildman–Crippen LogP) is 2.17. The Morgan fingerprint density at radius 1 is 1.20 bits per heavy atom. The number of halogens is 2. The molecule has 2 aliphatic rings. The van der Waals surface area contributed by atoms with Crippen LogP contribution in [0.25, 0.3) is 0 Å². The lowest BCUT2D eigenvalue weighted by Gasteiger charge is -2.38. The predicted molar refractivity (Wildman–Crippen MR) is 146 cm³/mol. The van der Waals surface area contributed by atoms with Gasteiger partial charge in [0, 0.05) is 32.7 Å². The van der Waals surface area contributed by atoms with Crippen molar-refractivity contribution in [2.75, 3.05) is 20.1 Å². The number of benzene rings is 2. The van der Waals surface area contributed by atoms with Crippen LogP contribution >= 0.6 is 0 Å². The number of aliphatic hydroxyl groups excluding tert-OH is 1. The fourth-order valence-electron chi connectivity index (χ4n) is 5.70. The zero-order chi connectivity index (χ0) is 29.0. The molecule has 2 aliphatic heterocycles. The molecule has 0 spiro atoms. The zero-order valence-electron chi connectivity index (χ0n) is 22.8. The Morgan fingerprint density at radius 3 is 2.52 bits per heavy atom. The molecule has 214 valence electrons. The number of likely N-dealkylation sites (N-methyl/N-ethyl adjacent to an activating group) is 1. The summed E-state index contributed by atoms with van der Waals surface area (Å²) in [5, 5.41) is 17.3. The first-order chi connectivity index (χ1) is 19.0. The lowest BCUT2D eigenvalue weighted by molar-refractivity contribution is -0.141. The fraction of sp³-hybridized carbons (Fsp3) is 0.433. The molecule has 2 aromatic carbocycles. The number of nitrogens with zero attached hydrogens (tertiary/aromatic N) is 2. The van der Waals surface area contributed by atoms with Crippen LogP contribution in [0, 0.1) is 17.0 Å². The van der Waals surface area contributed by atoms with Crippen LogP contribution in [-0.2, 0) is 27.3 Å². The molecule has 2 saturated heterocycles. The average molecular weight is 555 g/mol. The molecule has 0 radical (unpaired) electrons. The molecule has 5 atom stereocenters. The molecule has 0 bridgehead atoms. The number of nitrogens with one attached hydrogen (secondary N) is 2. The molecular weight excluding hydrogens is 518 g/mol. The van der Waals surface area contributed by atoms with Gasteiger partial charge in [0.05, 0.1) is 17.6 Å². The van der Waals surface area contributed by atoms with E-state index in [0.29, 0.717) is 26.1 Å². The highest BCUT2D eigenvalue weighted by Gasteiger charge is 2.49. The molecule has 1 unspecified atom stereocenters. The summed E-state index contributed by atoms with van der Waals surface area (Å²) < 4.78 is 28.0. The molecule has 0 saturated carbocycles. The van der Waals surface area contributed by atoms with Crippen LogP contribution in [0.3, 0.4) is 0 Å². The Hall–Kier alpha value is -3.63. The summed E-state index contributed by atoms with van der Waals surface area (Å²) in [5.41, 5.74) is 0.345.